The molecule has 0 fully saturated rings. The summed E-state index contributed by atoms with van der Waals surface area (Å²) in [7, 11) is 0. The molecule has 4 aromatic rings. The highest BCUT2D eigenvalue weighted by molar-refractivity contribution is 5.85. The second kappa shape index (κ2) is 8.12. The van der Waals surface area contributed by atoms with Crippen molar-refractivity contribution in [1.29, 1.82) is 0 Å². The minimum atomic E-state index is -0.554. The van der Waals surface area contributed by atoms with Crippen LogP contribution in [0.3, 0.4) is 0 Å². The van der Waals surface area contributed by atoms with E-state index in [1.165, 1.54) is 11.9 Å². The number of pyridine rings is 1. The van der Waals surface area contributed by atoms with Crippen LogP contribution in [0, 0.1) is 17.0 Å². The third kappa shape index (κ3) is 3.88. The molecule has 2 aromatic carbocycles. The Hall–Kier alpha value is -4.07. The Labute approximate surface area is 172 Å². The Morgan fingerprint density at radius 3 is 2.60 bits per heavy atom. The Morgan fingerprint density at radius 2 is 1.87 bits per heavy atom. The molecule has 4 rings (SSSR count). The van der Waals surface area contributed by atoms with Crippen molar-refractivity contribution in [3.63, 3.8) is 0 Å². The van der Waals surface area contributed by atoms with Crippen LogP contribution in [0.1, 0.15) is 18.2 Å². The monoisotopic (exact) mass is 401 g/mol. The molecule has 0 radical (unpaired) electrons. The quantitative estimate of drug-likeness (QED) is 0.343. The van der Waals surface area contributed by atoms with Crippen molar-refractivity contribution in [2.24, 2.45) is 0 Å². The van der Waals surface area contributed by atoms with E-state index in [1.54, 1.807) is 12.1 Å². The summed E-state index contributed by atoms with van der Waals surface area (Å²) < 4.78 is 5.86. The summed E-state index contributed by atoms with van der Waals surface area (Å²) in [6.07, 6.45) is 2.14. The molecule has 0 aliphatic carbocycles. The molecule has 30 heavy (non-hydrogen) atoms. The van der Waals surface area contributed by atoms with Crippen LogP contribution in [0.4, 0.5) is 17.2 Å². The first-order valence-corrected chi connectivity index (χ1v) is 9.44. The zero-order valence-corrected chi connectivity index (χ0v) is 16.5. The molecule has 0 amide bonds. The third-order valence-electron chi connectivity index (χ3n) is 4.63. The first-order valence-electron chi connectivity index (χ1n) is 9.44. The highest BCUT2D eigenvalue weighted by Crippen LogP contribution is 2.37. The van der Waals surface area contributed by atoms with Crippen molar-refractivity contribution >= 4 is 28.1 Å². The van der Waals surface area contributed by atoms with E-state index in [-0.39, 0.29) is 17.4 Å². The van der Waals surface area contributed by atoms with Gasteiger partial charge in [-0.25, -0.2) is 9.97 Å². The fourth-order valence-corrected chi connectivity index (χ4v) is 3.06. The van der Waals surface area contributed by atoms with E-state index >= 15 is 0 Å². The zero-order valence-electron chi connectivity index (χ0n) is 16.5. The smallest absolute Gasteiger partial charge is 0.373 e. The molecule has 0 atom stereocenters. The highest BCUT2D eigenvalue weighted by Gasteiger charge is 2.26. The van der Waals surface area contributed by atoms with E-state index in [2.05, 4.69) is 27.2 Å². The topological polar surface area (TPSA) is 103 Å². The molecule has 0 aliphatic rings. The lowest BCUT2D eigenvalue weighted by Gasteiger charge is -2.11. The van der Waals surface area contributed by atoms with Crippen molar-refractivity contribution in [1.82, 2.24) is 15.0 Å². The van der Waals surface area contributed by atoms with Crippen molar-refractivity contribution in [3.05, 3.63) is 82.3 Å². The van der Waals surface area contributed by atoms with Gasteiger partial charge in [-0.3, -0.25) is 10.1 Å². The molecule has 0 spiro atoms. The van der Waals surface area contributed by atoms with Gasteiger partial charge in [0, 0.05) is 16.8 Å². The van der Waals surface area contributed by atoms with Crippen LogP contribution in [0.25, 0.3) is 10.9 Å². The van der Waals surface area contributed by atoms with Gasteiger partial charge < -0.3 is 10.1 Å². The first kappa shape index (κ1) is 19.3. The number of aryl methyl sites for hydroxylation is 2. The van der Waals surface area contributed by atoms with Gasteiger partial charge in [0.15, 0.2) is 5.75 Å². The third-order valence-corrected chi connectivity index (χ3v) is 4.63. The van der Waals surface area contributed by atoms with Gasteiger partial charge in [-0.05, 0) is 43.2 Å². The Bertz CT molecular complexity index is 1230. The number of nitro groups is 1. The summed E-state index contributed by atoms with van der Waals surface area (Å²) in [6, 6.07) is 16.8. The predicted molar refractivity (Wildman–Crippen MR) is 114 cm³/mol. The maximum absolute atomic E-state index is 11.8. The molecule has 0 unspecified atom stereocenters. The Morgan fingerprint density at radius 1 is 1.07 bits per heavy atom. The largest absolute Gasteiger partial charge is 0.431 e. The van der Waals surface area contributed by atoms with Crippen LogP contribution in [0.2, 0.25) is 0 Å². The van der Waals surface area contributed by atoms with Gasteiger partial charge in [-0.15, -0.1) is 0 Å². The van der Waals surface area contributed by atoms with Crippen LogP contribution in [0.15, 0.2) is 60.9 Å². The summed E-state index contributed by atoms with van der Waals surface area (Å²) >= 11 is 0. The molecular weight excluding hydrogens is 382 g/mol. The summed E-state index contributed by atoms with van der Waals surface area (Å²) in [6.45, 7) is 3.93. The first-order chi connectivity index (χ1) is 14.5. The molecule has 0 bridgehead atoms. The molecule has 8 nitrogen and oxygen atoms in total. The van der Waals surface area contributed by atoms with Gasteiger partial charge in [0.05, 0.1) is 4.92 Å². The number of hydrogen-bond acceptors (Lipinski definition) is 7. The number of para-hydroxylation sites is 1. The van der Waals surface area contributed by atoms with Crippen LogP contribution in [0.5, 0.6) is 11.6 Å². The fraction of sp³-hybridized carbons (Fsp3) is 0.136. The minimum absolute atomic E-state index is 0.0543. The second-order valence-corrected chi connectivity index (χ2v) is 6.69. The van der Waals surface area contributed by atoms with Crippen molar-refractivity contribution in [3.8, 4) is 11.6 Å². The number of benzene rings is 2. The van der Waals surface area contributed by atoms with E-state index in [0.29, 0.717) is 17.0 Å². The van der Waals surface area contributed by atoms with Crippen LogP contribution >= 0.6 is 0 Å². The summed E-state index contributed by atoms with van der Waals surface area (Å²) in [4.78, 5) is 23.8. The Balaban J connectivity index is 1.73. The summed E-state index contributed by atoms with van der Waals surface area (Å²) in [5.74, 6) is 0.286. The van der Waals surface area contributed by atoms with E-state index in [1.807, 2.05) is 49.4 Å². The normalized spacial score (nSPS) is 10.7. The number of aromatic nitrogens is 3. The van der Waals surface area contributed by atoms with Crippen LogP contribution < -0.4 is 10.1 Å². The average molecular weight is 401 g/mol. The number of hydrogen-bond donors (Lipinski definition) is 1. The molecule has 150 valence electrons. The standard InChI is InChI=1S/C22H19N5O3/c1-3-15-8-11-17(12-9-15)26-21-20(27(28)29)22(24-13-23-21)30-18-6-4-5-16-10-7-14(2)25-19(16)18/h4-13H,3H2,1-2H3,(H,23,24,26). The molecule has 2 heterocycles. The molecule has 8 heteroatoms. The highest BCUT2D eigenvalue weighted by atomic mass is 16.6. The average Bonchev–Trinajstić information content (AvgIpc) is 2.74. The molecule has 0 aliphatic heterocycles. The Kier molecular flexibility index (Phi) is 5.21. The van der Waals surface area contributed by atoms with E-state index in [0.717, 1.165) is 17.5 Å². The lowest BCUT2D eigenvalue weighted by Crippen LogP contribution is -2.04. The maximum Gasteiger partial charge on any atom is 0.373 e. The van der Waals surface area contributed by atoms with E-state index < -0.39 is 4.92 Å². The van der Waals surface area contributed by atoms with Gasteiger partial charge in [0.2, 0.25) is 5.82 Å². The second-order valence-electron chi connectivity index (χ2n) is 6.69. The zero-order chi connectivity index (χ0) is 21.1. The molecule has 1 N–H and O–H groups in total. The predicted octanol–water partition coefficient (Wildman–Crippen LogP) is 5.34. The summed E-state index contributed by atoms with van der Waals surface area (Å²) in [5, 5.41) is 15.7. The number of ether oxygens (including phenoxy) is 1. The molecule has 2 aromatic heterocycles. The minimum Gasteiger partial charge on any atom is -0.431 e. The number of anilines is 2. The summed E-state index contributed by atoms with van der Waals surface area (Å²) in [5.41, 5.74) is 2.92. The van der Waals surface area contributed by atoms with Crippen molar-refractivity contribution < 1.29 is 9.66 Å². The number of rotatable bonds is 6. The van der Waals surface area contributed by atoms with Gasteiger partial charge in [-0.2, -0.15) is 4.98 Å². The van der Waals surface area contributed by atoms with Gasteiger partial charge in [-0.1, -0.05) is 37.3 Å². The SMILES string of the molecule is CCc1ccc(Nc2ncnc(Oc3cccc4ccc(C)nc34)c2[N+](=O)[O-])cc1. The van der Waals surface area contributed by atoms with Crippen LogP contribution in [-0.4, -0.2) is 19.9 Å². The lowest BCUT2D eigenvalue weighted by atomic mass is 10.1. The number of fused-ring (bicyclic) bond motifs is 1. The van der Waals surface area contributed by atoms with Gasteiger partial charge >= 0.3 is 11.6 Å². The lowest BCUT2D eigenvalue weighted by molar-refractivity contribution is -0.385. The van der Waals surface area contributed by atoms with Crippen LogP contribution in [-0.2, 0) is 6.42 Å². The van der Waals surface area contributed by atoms with Gasteiger partial charge in [0.1, 0.15) is 11.8 Å². The molecule has 0 saturated carbocycles. The van der Waals surface area contributed by atoms with Crippen molar-refractivity contribution in [2.45, 2.75) is 20.3 Å². The van der Waals surface area contributed by atoms with Crippen molar-refractivity contribution in [2.75, 3.05) is 5.32 Å². The molecular formula is C22H19N5O3. The number of nitrogens with zero attached hydrogens (tertiary/aromatic N) is 4. The van der Waals surface area contributed by atoms with E-state index in [9.17, 15) is 10.1 Å². The fourth-order valence-electron chi connectivity index (χ4n) is 3.06. The van der Waals surface area contributed by atoms with E-state index in [4.69, 9.17) is 4.74 Å². The number of nitrogens with one attached hydrogen (secondary N) is 1. The van der Waals surface area contributed by atoms with Gasteiger partial charge in [0.25, 0.3) is 0 Å². The molecule has 0 saturated heterocycles. The maximum atomic E-state index is 11.8.